The van der Waals surface area contributed by atoms with Crippen LogP contribution in [0.2, 0.25) is 0 Å². The molecule has 0 saturated carbocycles. The van der Waals surface area contributed by atoms with Crippen molar-refractivity contribution in [2.24, 2.45) is 0 Å². The van der Waals surface area contributed by atoms with E-state index in [2.05, 4.69) is 15.0 Å². The second kappa shape index (κ2) is 6.40. The molecule has 1 aromatic heterocycles. The topological polar surface area (TPSA) is 91.4 Å². The van der Waals surface area contributed by atoms with Gasteiger partial charge in [-0.3, -0.25) is 4.79 Å². The summed E-state index contributed by atoms with van der Waals surface area (Å²) in [5, 5.41) is 13.0. The highest BCUT2D eigenvalue weighted by atomic mass is 35.5. The number of esters is 1. The monoisotopic (exact) mass is 298 g/mol. The Morgan fingerprint density at radius 3 is 2.70 bits per heavy atom. The van der Waals surface area contributed by atoms with Crippen molar-refractivity contribution in [1.29, 1.82) is 0 Å². The number of aromatic nitrogens is 1. The molecule has 0 bridgehead atoms. The molecule has 0 aliphatic heterocycles. The van der Waals surface area contributed by atoms with Crippen LogP contribution in [-0.2, 0) is 4.74 Å². The number of aromatic hydroxyl groups is 1. The van der Waals surface area contributed by atoms with E-state index in [1.807, 2.05) is 0 Å². The van der Waals surface area contributed by atoms with Crippen LogP contribution in [0.25, 0.3) is 10.9 Å². The van der Waals surface area contributed by atoms with Gasteiger partial charge in [-0.2, -0.15) is 0 Å². The smallest absolute Gasteiger partial charge is 0.354 e. The van der Waals surface area contributed by atoms with Gasteiger partial charge in [0.05, 0.1) is 19.2 Å². The van der Waals surface area contributed by atoms with Gasteiger partial charge >= 0.3 is 5.97 Å². The third-order valence-corrected chi connectivity index (χ3v) is 2.81. The molecule has 2 aromatic rings. The minimum atomic E-state index is -0.553. The van der Waals surface area contributed by atoms with E-state index in [0.717, 1.165) is 0 Å². The van der Waals surface area contributed by atoms with Crippen molar-refractivity contribution in [2.45, 2.75) is 0 Å². The largest absolute Gasteiger partial charge is 0.506 e. The molecule has 20 heavy (non-hydrogen) atoms. The maximum Gasteiger partial charge on any atom is 0.354 e. The Morgan fingerprint density at radius 1 is 1.40 bits per heavy atom. The minimum Gasteiger partial charge on any atom is -0.506 e. The number of methoxy groups -OCH3 is 1. The number of fused-ring (bicyclic) bond motifs is 1. The summed E-state index contributed by atoms with van der Waals surface area (Å²) < 4.78 is 4.60. The van der Waals surface area contributed by atoms with Crippen LogP contribution in [0.1, 0.15) is 20.8 Å². The second-order valence-electron chi connectivity index (χ2n) is 4.05. The highest BCUT2D eigenvalue weighted by Gasteiger charge is 2.17. The summed E-state index contributed by atoms with van der Waals surface area (Å²) in [4.78, 5) is 26.2. The number of hydrogen-bond acceptors (Lipinski definition) is 5. The number of rotatable bonds is 4. The van der Waals surface area contributed by atoms with E-state index < -0.39 is 5.97 Å². The molecule has 0 aliphatic rings. The minimum absolute atomic E-state index is 0. The van der Waals surface area contributed by atoms with E-state index in [1.165, 1.54) is 25.3 Å². The molecular weight excluding hydrogens is 284 g/mol. The predicted octanol–water partition coefficient (Wildman–Crippen LogP) is 1.48. The number of halogens is 1. The quantitative estimate of drug-likeness (QED) is 0.587. The number of ketones is 1. The zero-order valence-electron chi connectivity index (χ0n) is 11.0. The third kappa shape index (κ3) is 2.76. The van der Waals surface area contributed by atoms with Crippen LogP contribution in [0, 0.1) is 0 Å². The molecule has 3 N–H and O–H groups in total. The lowest BCUT2D eigenvalue weighted by molar-refractivity contribution is 0.0595. The Morgan fingerprint density at radius 2 is 2.10 bits per heavy atom. The van der Waals surface area contributed by atoms with Crippen LogP contribution >= 0.6 is 12.4 Å². The van der Waals surface area contributed by atoms with Gasteiger partial charge in [0.25, 0.3) is 0 Å². The fourth-order valence-corrected chi connectivity index (χ4v) is 1.92. The van der Waals surface area contributed by atoms with E-state index in [9.17, 15) is 14.7 Å². The van der Waals surface area contributed by atoms with E-state index in [-0.39, 0.29) is 36.2 Å². The number of phenolic OH excluding ortho intramolecular Hbond substituents is 1. The Labute approximate surface area is 121 Å². The van der Waals surface area contributed by atoms with Crippen LogP contribution in [0.5, 0.6) is 5.75 Å². The molecule has 0 radical (unpaired) electrons. The average molecular weight is 299 g/mol. The van der Waals surface area contributed by atoms with Gasteiger partial charge in [-0.1, -0.05) is 0 Å². The number of H-pyrrole nitrogens is 1. The molecule has 0 unspecified atom stereocenters. The third-order valence-electron chi connectivity index (χ3n) is 2.81. The highest BCUT2D eigenvalue weighted by molar-refractivity contribution is 6.11. The SMILES string of the molecule is CNCC(=O)c1ccc(O)c2[nH]c(C(=O)OC)cc12.Cl. The molecule has 0 amide bonds. The number of Topliss-reactive ketones (excluding diaryl/α,β-unsaturated/α-hetero) is 1. The predicted molar refractivity (Wildman–Crippen MR) is 76.8 cm³/mol. The first-order valence-corrected chi connectivity index (χ1v) is 5.69. The van der Waals surface area contributed by atoms with Gasteiger partial charge in [0, 0.05) is 10.9 Å². The van der Waals surface area contributed by atoms with E-state index >= 15 is 0 Å². The summed E-state index contributed by atoms with van der Waals surface area (Å²) in [6, 6.07) is 4.46. The van der Waals surface area contributed by atoms with Crippen molar-refractivity contribution in [2.75, 3.05) is 20.7 Å². The molecule has 0 aliphatic carbocycles. The lowest BCUT2D eigenvalue weighted by Gasteiger charge is -2.03. The van der Waals surface area contributed by atoms with E-state index in [0.29, 0.717) is 16.5 Å². The number of benzene rings is 1. The maximum atomic E-state index is 11.9. The summed E-state index contributed by atoms with van der Waals surface area (Å²) >= 11 is 0. The summed E-state index contributed by atoms with van der Waals surface area (Å²) in [6.45, 7) is 0.179. The van der Waals surface area contributed by atoms with Crippen molar-refractivity contribution < 1.29 is 19.4 Å². The standard InChI is InChI=1S/C13H14N2O4.ClH/c1-14-6-11(17)7-3-4-10(16)12-8(7)5-9(15-12)13(18)19-2;/h3-5,14-16H,6H2,1-2H3;1H. The van der Waals surface area contributed by atoms with Gasteiger partial charge in [0.1, 0.15) is 11.4 Å². The zero-order chi connectivity index (χ0) is 14.0. The average Bonchev–Trinajstić information content (AvgIpc) is 2.84. The number of nitrogens with one attached hydrogen (secondary N) is 2. The van der Waals surface area contributed by atoms with Gasteiger partial charge in [-0.25, -0.2) is 4.79 Å². The molecule has 2 rings (SSSR count). The lowest BCUT2D eigenvalue weighted by atomic mass is 10.1. The first-order chi connectivity index (χ1) is 9.08. The van der Waals surface area contributed by atoms with Gasteiger partial charge in [-0.15, -0.1) is 12.4 Å². The summed E-state index contributed by atoms with van der Waals surface area (Å²) in [5.74, 6) is -0.698. The molecule has 0 spiro atoms. The lowest BCUT2D eigenvalue weighted by Crippen LogP contribution is -2.18. The van der Waals surface area contributed by atoms with Crippen molar-refractivity contribution in [3.8, 4) is 5.75 Å². The summed E-state index contributed by atoms with van der Waals surface area (Å²) in [6.07, 6.45) is 0. The number of carbonyl (C=O) groups is 2. The van der Waals surface area contributed by atoms with Gasteiger partial charge in [0.15, 0.2) is 5.78 Å². The molecule has 1 aromatic carbocycles. The van der Waals surface area contributed by atoms with Crippen LogP contribution in [-0.4, -0.2) is 42.5 Å². The molecule has 108 valence electrons. The Bertz CT molecular complexity index is 651. The molecule has 6 nitrogen and oxygen atoms in total. The van der Waals surface area contributed by atoms with Crippen molar-refractivity contribution >= 4 is 35.1 Å². The molecule has 7 heteroatoms. The van der Waals surface area contributed by atoms with E-state index in [1.54, 1.807) is 7.05 Å². The second-order valence-corrected chi connectivity index (χ2v) is 4.05. The van der Waals surface area contributed by atoms with Crippen LogP contribution < -0.4 is 5.32 Å². The molecule has 0 saturated heterocycles. The number of likely N-dealkylation sites (N-methyl/N-ethyl adjacent to an activating group) is 1. The summed E-state index contributed by atoms with van der Waals surface area (Å²) in [5.41, 5.74) is 0.980. The Balaban J connectivity index is 0.00000200. The molecule has 0 atom stereocenters. The normalized spacial score (nSPS) is 10.1. The van der Waals surface area contributed by atoms with Crippen LogP contribution in [0.3, 0.4) is 0 Å². The van der Waals surface area contributed by atoms with Crippen LogP contribution in [0.4, 0.5) is 0 Å². The Hall–Kier alpha value is -2.05. The first kappa shape index (κ1) is 16.0. The fourth-order valence-electron chi connectivity index (χ4n) is 1.92. The van der Waals surface area contributed by atoms with Crippen LogP contribution in [0.15, 0.2) is 18.2 Å². The maximum absolute atomic E-state index is 11.9. The van der Waals surface area contributed by atoms with Gasteiger partial charge in [0.2, 0.25) is 0 Å². The number of ether oxygens (including phenoxy) is 1. The number of phenols is 1. The molecule has 0 fully saturated rings. The highest BCUT2D eigenvalue weighted by Crippen LogP contribution is 2.28. The summed E-state index contributed by atoms with van der Waals surface area (Å²) in [7, 11) is 2.94. The number of carbonyl (C=O) groups excluding carboxylic acids is 2. The number of hydrogen-bond donors (Lipinski definition) is 3. The Kier molecular flexibility index (Phi) is 5.12. The molecular formula is C13H15ClN2O4. The van der Waals surface area contributed by atoms with Crippen molar-refractivity contribution in [3.63, 3.8) is 0 Å². The van der Waals surface area contributed by atoms with E-state index in [4.69, 9.17) is 0 Å². The van der Waals surface area contributed by atoms with Gasteiger partial charge in [-0.05, 0) is 25.2 Å². The van der Waals surface area contributed by atoms with Crippen molar-refractivity contribution in [1.82, 2.24) is 10.3 Å². The first-order valence-electron chi connectivity index (χ1n) is 5.69. The zero-order valence-corrected chi connectivity index (χ0v) is 11.8. The van der Waals surface area contributed by atoms with Crippen molar-refractivity contribution in [3.05, 3.63) is 29.5 Å². The number of aromatic amines is 1. The van der Waals surface area contributed by atoms with Gasteiger partial charge < -0.3 is 20.1 Å². The fraction of sp³-hybridized carbons (Fsp3) is 0.231. The molecule has 1 heterocycles.